The monoisotopic (exact) mass is 511 g/mol. The Kier molecular flexibility index (Phi) is 6.22. The Bertz CT molecular complexity index is 1510. The molecule has 10 heteroatoms. The molecule has 182 valence electrons. The highest BCUT2D eigenvalue weighted by Gasteiger charge is 2.26. The maximum absolute atomic E-state index is 12.9. The van der Waals surface area contributed by atoms with Gasteiger partial charge >= 0.3 is 0 Å². The van der Waals surface area contributed by atoms with Crippen molar-refractivity contribution in [3.05, 3.63) is 64.2 Å². The summed E-state index contributed by atoms with van der Waals surface area (Å²) in [6.07, 6.45) is 0. The van der Waals surface area contributed by atoms with Crippen LogP contribution in [-0.2, 0) is 14.8 Å². The predicted octanol–water partition coefficient (Wildman–Crippen LogP) is 4.75. The summed E-state index contributed by atoms with van der Waals surface area (Å²) >= 11 is 1.29. The number of benzene rings is 2. The van der Waals surface area contributed by atoms with Crippen LogP contribution < -0.4 is 5.32 Å². The third-order valence-corrected chi connectivity index (χ3v) is 8.91. The number of thiazole rings is 1. The van der Waals surface area contributed by atoms with Crippen LogP contribution in [0.3, 0.4) is 0 Å². The summed E-state index contributed by atoms with van der Waals surface area (Å²) < 4.78 is 38.2. The molecule has 1 aliphatic heterocycles. The van der Waals surface area contributed by atoms with Crippen LogP contribution in [0.1, 0.15) is 27.2 Å². The van der Waals surface area contributed by atoms with E-state index in [0.29, 0.717) is 42.7 Å². The number of aryl methyl sites for hydroxylation is 3. The first-order valence-corrected chi connectivity index (χ1v) is 13.5. The molecule has 1 saturated heterocycles. The van der Waals surface area contributed by atoms with E-state index in [1.165, 1.54) is 15.6 Å². The topological polar surface area (TPSA) is 102 Å². The van der Waals surface area contributed by atoms with E-state index in [4.69, 9.17) is 9.15 Å². The molecule has 0 aliphatic carbocycles. The van der Waals surface area contributed by atoms with Crippen LogP contribution in [0.2, 0.25) is 0 Å². The van der Waals surface area contributed by atoms with Gasteiger partial charge in [-0.05, 0) is 56.2 Å². The first-order valence-electron chi connectivity index (χ1n) is 11.2. The van der Waals surface area contributed by atoms with E-state index in [2.05, 4.69) is 10.3 Å². The molecule has 1 aliphatic rings. The highest BCUT2D eigenvalue weighted by atomic mass is 32.2. The first-order chi connectivity index (χ1) is 16.7. The fourth-order valence-corrected chi connectivity index (χ4v) is 6.17. The minimum Gasteiger partial charge on any atom is -0.451 e. The molecule has 3 heterocycles. The summed E-state index contributed by atoms with van der Waals surface area (Å²) in [6, 6.07) is 10.6. The Labute approximate surface area is 207 Å². The largest absolute Gasteiger partial charge is 0.451 e. The molecule has 1 amide bonds. The number of amides is 1. The number of hydrogen-bond donors (Lipinski definition) is 1. The van der Waals surface area contributed by atoms with Crippen molar-refractivity contribution >= 4 is 43.4 Å². The number of sulfonamides is 1. The lowest BCUT2D eigenvalue weighted by Gasteiger charge is -2.26. The smallest absolute Gasteiger partial charge is 0.293 e. The summed E-state index contributed by atoms with van der Waals surface area (Å²) in [5, 5.41) is 5.99. The van der Waals surface area contributed by atoms with Gasteiger partial charge in [-0.15, -0.1) is 11.3 Å². The molecule has 0 spiro atoms. The van der Waals surface area contributed by atoms with E-state index in [1.54, 1.807) is 24.3 Å². The maximum Gasteiger partial charge on any atom is 0.293 e. The third-order valence-electron chi connectivity index (χ3n) is 6.24. The second kappa shape index (κ2) is 9.19. The van der Waals surface area contributed by atoms with Crippen molar-refractivity contribution in [1.82, 2.24) is 9.29 Å². The first kappa shape index (κ1) is 23.7. The van der Waals surface area contributed by atoms with E-state index >= 15 is 0 Å². The number of carbonyl (C=O) groups is 1. The Hall–Kier alpha value is -3.05. The molecule has 0 bridgehead atoms. The van der Waals surface area contributed by atoms with Gasteiger partial charge in [0.25, 0.3) is 5.91 Å². The van der Waals surface area contributed by atoms with Crippen LogP contribution in [-0.4, -0.2) is 49.9 Å². The fraction of sp³-hybridized carbons (Fsp3) is 0.280. The van der Waals surface area contributed by atoms with Crippen LogP contribution in [0.15, 0.2) is 51.1 Å². The predicted molar refractivity (Wildman–Crippen MR) is 136 cm³/mol. The zero-order valence-corrected chi connectivity index (χ0v) is 21.3. The maximum atomic E-state index is 12.9. The number of anilines is 1. The summed E-state index contributed by atoms with van der Waals surface area (Å²) in [6.45, 7) is 7.41. The Morgan fingerprint density at radius 1 is 1.06 bits per heavy atom. The van der Waals surface area contributed by atoms with Gasteiger partial charge in [0.05, 0.1) is 23.8 Å². The number of morpholine rings is 1. The fourth-order valence-electron chi connectivity index (χ4n) is 4.04. The van der Waals surface area contributed by atoms with Gasteiger partial charge < -0.3 is 9.15 Å². The Morgan fingerprint density at radius 3 is 2.46 bits per heavy atom. The molecule has 0 saturated carbocycles. The van der Waals surface area contributed by atoms with E-state index in [-0.39, 0.29) is 16.6 Å². The normalized spacial score (nSPS) is 14.9. The van der Waals surface area contributed by atoms with Gasteiger partial charge in [0.1, 0.15) is 5.58 Å². The average molecular weight is 512 g/mol. The van der Waals surface area contributed by atoms with E-state index in [9.17, 15) is 13.2 Å². The third kappa shape index (κ3) is 4.50. The number of aromatic nitrogens is 1. The van der Waals surface area contributed by atoms with Gasteiger partial charge in [-0.1, -0.05) is 12.1 Å². The quantitative estimate of drug-likeness (QED) is 0.415. The minimum atomic E-state index is -3.56. The highest BCUT2D eigenvalue weighted by molar-refractivity contribution is 7.89. The van der Waals surface area contributed by atoms with E-state index in [1.807, 2.05) is 38.3 Å². The number of fused-ring (bicyclic) bond motifs is 1. The SMILES string of the molecule is Cc1cc2oc(C(=O)Nc3nc(-c4ccc(S(=O)(=O)N5CCOCC5)cc4)cs3)c(C)c2cc1C. The molecule has 2 aromatic carbocycles. The summed E-state index contributed by atoms with van der Waals surface area (Å²) in [4.78, 5) is 17.6. The van der Waals surface area contributed by atoms with Crippen LogP contribution in [0.5, 0.6) is 0 Å². The number of rotatable bonds is 5. The van der Waals surface area contributed by atoms with E-state index in [0.717, 1.165) is 27.6 Å². The van der Waals surface area contributed by atoms with Crippen molar-refractivity contribution in [2.75, 3.05) is 31.6 Å². The van der Waals surface area contributed by atoms with Crippen LogP contribution >= 0.6 is 11.3 Å². The van der Waals surface area contributed by atoms with Crippen molar-refractivity contribution < 1.29 is 22.4 Å². The lowest BCUT2D eigenvalue weighted by Crippen LogP contribution is -2.40. The van der Waals surface area contributed by atoms with Crippen molar-refractivity contribution in [3.8, 4) is 11.3 Å². The molecule has 2 aromatic heterocycles. The van der Waals surface area contributed by atoms with Crippen molar-refractivity contribution in [1.29, 1.82) is 0 Å². The second-order valence-corrected chi connectivity index (χ2v) is 11.3. The standard InChI is InChI=1S/C25H25N3O5S2/c1-15-12-20-17(3)23(33-22(20)13-16(15)2)24(29)27-25-26-21(14-34-25)18-4-6-19(7-5-18)35(30,31)28-8-10-32-11-9-28/h4-7,12-14H,8-11H2,1-3H3,(H,26,27,29). The summed E-state index contributed by atoms with van der Waals surface area (Å²) in [5.74, 6) is -0.0960. The zero-order valence-electron chi connectivity index (χ0n) is 19.6. The molecule has 1 N–H and O–H groups in total. The average Bonchev–Trinajstić information content (AvgIpc) is 3.45. The molecular formula is C25H25N3O5S2. The minimum absolute atomic E-state index is 0.234. The van der Waals surface area contributed by atoms with Crippen LogP contribution in [0.25, 0.3) is 22.2 Å². The van der Waals surface area contributed by atoms with Gasteiger partial charge in [-0.2, -0.15) is 4.31 Å². The Morgan fingerprint density at radius 2 is 1.74 bits per heavy atom. The number of nitrogens with zero attached hydrogens (tertiary/aromatic N) is 2. The molecule has 0 atom stereocenters. The number of nitrogens with one attached hydrogen (secondary N) is 1. The molecule has 1 fully saturated rings. The lowest BCUT2D eigenvalue weighted by molar-refractivity contribution is 0.0730. The summed E-state index contributed by atoms with van der Waals surface area (Å²) in [7, 11) is -3.56. The number of carbonyl (C=O) groups excluding carboxylic acids is 1. The van der Waals surface area contributed by atoms with E-state index < -0.39 is 10.0 Å². The molecule has 0 unspecified atom stereocenters. The van der Waals surface area contributed by atoms with Gasteiger partial charge in [-0.3, -0.25) is 10.1 Å². The number of ether oxygens (including phenoxy) is 1. The number of hydrogen-bond acceptors (Lipinski definition) is 7. The second-order valence-electron chi connectivity index (χ2n) is 8.52. The van der Waals surface area contributed by atoms with Gasteiger partial charge in [-0.25, -0.2) is 13.4 Å². The molecule has 35 heavy (non-hydrogen) atoms. The van der Waals surface area contributed by atoms with Crippen molar-refractivity contribution in [2.24, 2.45) is 0 Å². The number of furan rings is 1. The van der Waals surface area contributed by atoms with Gasteiger partial charge in [0.15, 0.2) is 10.9 Å². The zero-order chi connectivity index (χ0) is 24.7. The molecule has 5 rings (SSSR count). The van der Waals surface area contributed by atoms with Crippen LogP contribution in [0, 0.1) is 20.8 Å². The molecule has 0 radical (unpaired) electrons. The van der Waals surface area contributed by atoms with Crippen molar-refractivity contribution in [2.45, 2.75) is 25.7 Å². The Balaban J connectivity index is 1.33. The van der Waals surface area contributed by atoms with Crippen molar-refractivity contribution in [3.63, 3.8) is 0 Å². The highest BCUT2D eigenvalue weighted by Crippen LogP contribution is 2.30. The van der Waals surface area contributed by atoms with Gasteiger partial charge in [0, 0.05) is 35.0 Å². The molecule has 8 nitrogen and oxygen atoms in total. The lowest BCUT2D eigenvalue weighted by atomic mass is 10.1. The van der Waals surface area contributed by atoms with Crippen LogP contribution in [0.4, 0.5) is 5.13 Å². The molecular weight excluding hydrogens is 486 g/mol. The van der Waals surface area contributed by atoms with Gasteiger partial charge in [0.2, 0.25) is 10.0 Å². The summed E-state index contributed by atoms with van der Waals surface area (Å²) in [5.41, 5.74) is 5.12. The molecule has 4 aromatic rings.